The molecule has 2 aromatic carbocycles. The lowest BCUT2D eigenvalue weighted by Crippen LogP contribution is -1.99. The largest absolute Gasteiger partial charge is 0.373 e. The lowest BCUT2D eigenvalue weighted by molar-refractivity contribution is 0.627. The molecule has 0 radical (unpaired) electrons. The zero-order chi connectivity index (χ0) is 12.8. The Bertz CT molecular complexity index is 584. The number of hydrogen-bond acceptors (Lipinski definition) is 1. The van der Waals surface area contributed by atoms with Gasteiger partial charge in [-0.2, -0.15) is 0 Å². The first kappa shape index (κ1) is 12.7. The smallest absolute Gasteiger partial charge is 0.124 e. The molecule has 0 aliphatic heterocycles. The van der Waals surface area contributed by atoms with Crippen molar-refractivity contribution in [2.24, 2.45) is 0 Å². The van der Waals surface area contributed by atoms with Crippen LogP contribution in [0.3, 0.4) is 0 Å². The molecule has 2 aromatic rings. The molecule has 0 aliphatic rings. The van der Waals surface area contributed by atoms with Gasteiger partial charge in [0.25, 0.3) is 0 Å². The predicted molar refractivity (Wildman–Crippen MR) is 75.9 cm³/mol. The van der Waals surface area contributed by atoms with Crippen molar-refractivity contribution >= 4 is 21.6 Å². The van der Waals surface area contributed by atoms with E-state index in [2.05, 4.69) is 33.1 Å². The minimum Gasteiger partial charge on any atom is -0.373 e. The van der Waals surface area contributed by atoms with Crippen molar-refractivity contribution in [1.29, 1.82) is 0 Å². The third-order valence-corrected chi connectivity index (χ3v) is 2.96. The molecule has 3 heteroatoms. The quantitative estimate of drug-likeness (QED) is 0.825. The van der Waals surface area contributed by atoms with E-state index in [9.17, 15) is 4.39 Å². The van der Waals surface area contributed by atoms with Crippen molar-refractivity contribution in [3.05, 3.63) is 64.4 Å². The Balaban J connectivity index is 1.95. The summed E-state index contributed by atoms with van der Waals surface area (Å²) in [5, 5.41) is 3.12. The second-order valence-electron chi connectivity index (χ2n) is 3.65. The molecule has 1 N–H and O–H groups in total. The Kier molecular flexibility index (Phi) is 4.38. The van der Waals surface area contributed by atoms with Gasteiger partial charge in [-0.05, 0) is 46.3 Å². The molecule has 2 rings (SSSR count). The third-order valence-electron chi connectivity index (χ3n) is 2.30. The number of benzene rings is 2. The minimum absolute atomic E-state index is 0.261. The topological polar surface area (TPSA) is 12.0 Å². The van der Waals surface area contributed by atoms with Gasteiger partial charge in [0.2, 0.25) is 0 Å². The fraction of sp³-hybridized carbons (Fsp3) is 0.0667. The van der Waals surface area contributed by atoms with E-state index in [4.69, 9.17) is 0 Å². The molecular formula is C15H11BrFN. The van der Waals surface area contributed by atoms with Crippen molar-refractivity contribution in [2.45, 2.75) is 0 Å². The fourth-order valence-corrected chi connectivity index (χ4v) is 1.93. The summed E-state index contributed by atoms with van der Waals surface area (Å²) in [5.41, 5.74) is 1.82. The molecule has 0 atom stereocenters. The molecule has 90 valence electrons. The van der Waals surface area contributed by atoms with Crippen molar-refractivity contribution in [3.8, 4) is 11.8 Å². The van der Waals surface area contributed by atoms with E-state index in [1.807, 2.05) is 30.3 Å². The van der Waals surface area contributed by atoms with Crippen LogP contribution in [0, 0.1) is 17.7 Å². The van der Waals surface area contributed by atoms with Crippen LogP contribution in [-0.2, 0) is 0 Å². The van der Waals surface area contributed by atoms with Crippen LogP contribution in [0.1, 0.15) is 5.56 Å². The number of anilines is 1. The molecular weight excluding hydrogens is 293 g/mol. The summed E-state index contributed by atoms with van der Waals surface area (Å²) >= 11 is 3.29. The van der Waals surface area contributed by atoms with Crippen LogP contribution in [0.2, 0.25) is 0 Å². The molecule has 0 saturated heterocycles. The monoisotopic (exact) mass is 303 g/mol. The Morgan fingerprint density at radius 1 is 1.11 bits per heavy atom. The number of nitrogens with one attached hydrogen (secondary N) is 1. The second kappa shape index (κ2) is 6.23. The summed E-state index contributed by atoms with van der Waals surface area (Å²) in [5.74, 6) is 5.80. The molecule has 0 spiro atoms. The molecule has 0 unspecified atom stereocenters. The first-order valence-electron chi connectivity index (χ1n) is 5.48. The van der Waals surface area contributed by atoms with E-state index < -0.39 is 0 Å². The highest BCUT2D eigenvalue weighted by Crippen LogP contribution is 2.22. The van der Waals surface area contributed by atoms with Gasteiger partial charge in [-0.25, -0.2) is 4.39 Å². The molecule has 0 amide bonds. The third kappa shape index (κ3) is 3.61. The maximum Gasteiger partial charge on any atom is 0.124 e. The van der Waals surface area contributed by atoms with Crippen LogP contribution >= 0.6 is 15.9 Å². The van der Waals surface area contributed by atoms with Crippen molar-refractivity contribution in [2.75, 3.05) is 11.9 Å². The molecule has 0 aliphatic carbocycles. The standard InChI is InChI=1S/C15H11BrFN/c16-14-11-13(17)8-9-15(14)18-10-4-7-12-5-2-1-3-6-12/h1-3,5-6,8-9,11,18H,10H2. The molecule has 0 aromatic heterocycles. The van der Waals surface area contributed by atoms with E-state index in [0.717, 1.165) is 11.3 Å². The van der Waals surface area contributed by atoms with Crippen LogP contribution in [0.5, 0.6) is 0 Å². The average Bonchev–Trinajstić information content (AvgIpc) is 2.38. The van der Waals surface area contributed by atoms with E-state index in [1.54, 1.807) is 6.07 Å². The first-order chi connectivity index (χ1) is 8.75. The number of halogens is 2. The number of rotatable bonds is 2. The lowest BCUT2D eigenvalue weighted by Gasteiger charge is -2.04. The van der Waals surface area contributed by atoms with Gasteiger partial charge < -0.3 is 5.32 Å². The maximum atomic E-state index is 12.9. The summed E-state index contributed by atoms with van der Waals surface area (Å²) in [6, 6.07) is 14.3. The lowest BCUT2D eigenvalue weighted by atomic mass is 10.2. The van der Waals surface area contributed by atoms with Gasteiger partial charge in [0.05, 0.1) is 6.54 Å². The predicted octanol–water partition coefficient (Wildman–Crippen LogP) is 4.05. The maximum absolute atomic E-state index is 12.9. The number of hydrogen-bond donors (Lipinski definition) is 1. The van der Waals surface area contributed by atoms with Crippen LogP contribution in [0.4, 0.5) is 10.1 Å². The van der Waals surface area contributed by atoms with Gasteiger partial charge >= 0.3 is 0 Å². The fourth-order valence-electron chi connectivity index (χ4n) is 1.44. The van der Waals surface area contributed by atoms with Gasteiger partial charge in [-0.15, -0.1) is 0 Å². The van der Waals surface area contributed by atoms with Gasteiger partial charge in [0, 0.05) is 15.7 Å². The molecule has 1 nitrogen and oxygen atoms in total. The van der Waals surface area contributed by atoms with Crippen molar-refractivity contribution in [3.63, 3.8) is 0 Å². The first-order valence-corrected chi connectivity index (χ1v) is 6.28. The molecule has 0 heterocycles. The zero-order valence-electron chi connectivity index (χ0n) is 9.58. The van der Waals surface area contributed by atoms with Crippen molar-refractivity contribution in [1.82, 2.24) is 0 Å². The van der Waals surface area contributed by atoms with Crippen LogP contribution in [0.25, 0.3) is 0 Å². The summed E-state index contributed by atoms with van der Waals surface area (Å²) in [7, 11) is 0. The van der Waals surface area contributed by atoms with Crippen LogP contribution in [-0.4, -0.2) is 6.54 Å². The molecule has 0 fully saturated rings. The Labute approximate surface area is 114 Å². The van der Waals surface area contributed by atoms with E-state index in [0.29, 0.717) is 11.0 Å². The van der Waals surface area contributed by atoms with Gasteiger partial charge in [0.1, 0.15) is 5.82 Å². The zero-order valence-corrected chi connectivity index (χ0v) is 11.2. The Morgan fingerprint density at radius 3 is 2.61 bits per heavy atom. The summed E-state index contributed by atoms with van der Waals surface area (Å²) in [6.07, 6.45) is 0. The minimum atomic E-state index is -0.261. The van der Waals surface area contributed by atoms with Gasteiger partial charge in [-0.1, -0.05) is 30.0 Å². The van der Waals surface area contributed by atoms with E-state index in [1.165, 1.54) is 12.1 Å². The normalized spacial score (nSPS) is 9.44. The van der Waals surface area contributed by atoms with Gasteiger partial charge in [-0.3, -0.25) is 0 Å². The SMILES string of the molecule is Fc1ccc(NCC#Cc2ccccc2)c(Br)c1. The summed E-state index contributed by atoms with van der Waals surface area (Å²) in [6.45, 7) is 0.513. The Morgan fingerprint density at radius 2 is 1.89 bits per heavy atom. The van der Waals surface area contributed by atoms with Crippen LogP contribution < -0.4 is 5.32 Å². The average molecular weight is 304 g/mol. The van der Waals surface area contributed by atoms with E-state index >= 15 is 0 Å². The Hall–Kier alpha value is -1.79. The summed E-state index contributed by atoms with van der Waals surface area (Å²) < 4.78 is 13.6. The van der Waals surface area contributed by atoms with Gasteiger partial charge in [0.15, 0.2) is 0 Å². The highest BCUT2D eigenvalue weighted by molar-refractivity contribution is 9.10. The second-order valence-corrected chi connectivity index (χ2v) is 4.50. The van der Waals surface area contributed by atoms with E-state index in [-0.39, 0.29) is 5.82 Å². The van der Waals surface area contributed by atoms with Crippen molar-refractivity contribution < 1.29 is 4.39 Å². The molecule has 0 bridgehead atoms. The highest BCUT2D eigenvalue weighted by atomic mass is 79.9. The molecule has 0 saturated carbocycles. The highest BCUT2D eigenvalue weighted by Gasteiger charge is 1.99. The van der Waals surface area contributed by atoms with Crippen LogP contribution in [0.15, 0.2) is 53.0 Å². The molecule has 18 heavy (non-hydrogen) atoms. The summed E-state index contributed by atoms with van der Waals surface area (Å²) in [4.78, 5) is 0.